The number of nitrogens with zero attached hydrogens (tertiary/aromatic N) is 4. The van der Waals surface area contributed by atoms with Crippen LogP contribution in [0.15, 0.2) is 28.1 Å². The van der Waals surface area contributed by atoms with Crippen molar-refractivity contribution >= 4 is 35.0 Å². The molecule has 0 aliphatic carbocycles. The van der Waals surface area contributed by atoms with Crippen LogP contribution < -0.4 is 10.2 Å². The van der Waals surface area contributed by atoms with Gasteiger partial charge in [0.2, 0.25) is 0 Å². The number of likely N-dealkylation sites (tertiary alicyclic amines) is 2. The van der Waals surface area contributed by atoms with Crippen molar-refractivity contribution in [3.8, 4) is 5.75 Å². The molecule has 33 heavy (non-hydrogen) atoms. The standard InChI is InChI=1S/C23H28FN5O3S/c24-17-6-5-16(13-20-21(30)26-22(33-20)29-11-2-1-8-25-29)19(14-17)32-23(31)28-12-7-18(15-28)27-9-3-4-10-27/h5-6,13-14,18,25H,1-4,7-12,15H2/t18-/m1/s1. The molecule has 10 heteroatoms. The molecule has 4 aliphatic rings. The Morgan fingerprint density at radius 3 is 2.79 bits per heavy atom. The number of benzene rings is 1. The molecule has 5 rings (SSSR count). The number of hydrogen-bond donors (Lipinski definition) is 1. The second kappa shape index (κ2) is 9.82. The van der Waals surface area contributed by atoms with E-state index in [4.69, 9.17) is 4.74 Å². The molecule has 3 saturated heterocycles. The van der Waals surface area contributed by atoms with E-state index in [1.165, 1.54) is 42.8 Å². The number of halogens is 1. The fourth-order valence-electron chi connectivity index (χ4n) is 4.69. The van der Waals surface area contributed by atoms with Crippen molar-refractivity contribution in [1.29, 1.82) is 0 Å². The summed E-state index contributed by atoms with van der Waals surface area (Å²) in [4.78, 5) is 34.0. The van der Waals surface area contributed by atoms with Crippen LogP contribution in [0.2, 0.25) is 0 Å². The lowest BCUT2D eigenvalue weighted by Crippen LogP contribution is -2.45. The van der Waals surface area contributed by atoms with Crippen LogP contribution in [-0.4, -0.2) is 77.3 Å². The molecule has 0 bridgehead atoms. The first-order valence-electron chi connectivity index (χ1n) is 11.6. The maximum Gasteiger partial charge on any atom is 0.415 e. The van der Waals surface area contributed by atoms with Gasteiger partial charge in [0.15, 0.2) is 5.17 Å². The van der Waals surface area contributed by atoms with Gasteiger partial charge >= 0.3 is 6.09 Å². The number of ether oxygens (including phenoxy) is 1. The van der Waals surface area contributed by atoms with Crippen LogP contribution in [0.5, 0.6) is 5.75 Å². The summed E-state index contributed by atoms with van der Waals surface area (Å²) < 4.78 is 19.6. The minimum Gasteiger partial charge on any atom is -0.409 e. The third-order valence-electron chi connectivity index (χ3n) is 6.49. The minimum atomic E-state index is -0.504. The monoisotopic (exact) mass is 473 g/mol. The highest BCUT2D eigenvalue weighted by molar-refractivity contribution is 8.18. The Morgan fingerprint density at radius 2 is 2.00 bits per heavy atom. The summed E-state index contributed by atoms with van der Waals surface area (Å²) in [7, 11) is 0. The first-order chi connectivity index (χ1) is 16.1. The second-order valence-corrected chi connectivity index (χ2v) is 9.77. The molecule has 0 aromatic heterocycles. The summed E-state index contributed by atoms with van der Waals surface area (Å²) in [5.41, 5.74) is 3.71. The van der Waals surface area contributed by atoms with Crippen LogP contribution in [0.1, 0.15) is 37.7 Å². The number of nitrogens with one attached hydrogen (secondary N) is 1. The van der Waals surface area contributed by atoms with Crippen LogP contribution >= 0.6 is 11.8 Å². The van der Waals surface area contributed by atoms with Gasteiger partial charge in [-0.2, -0.15) is 4.99 Å². The Hall–Kier alpha value is -2.43. The van der Waals surface area contributed by atoms with Crippen molar-refractivity contribution in [2.45, 2.75) is 38.1 Å². The van der Waals surface area contributed by atoms with E-state index in [9.17, 15) is 14.0 Å². The summed E-state index contributed by atoms with van der Waals surface area (Å²) >= 11 is 1.27. The van der Waals surface area contributed by atoms with Gasteiger partial charge in [0, 0.05) is 43.9 Å². The average molecular weight is 474 g/mol. The van der Waals surface area contributed by atoms with Gasteiger partial charge in [0.25, 0.3) is 5.91 Å². The fraction of sp³-hybridized carbons (Fsp3) is 0.522. The first kappa shape index (κ1) is 22.4. The van der Waals surface area contributed by atoms with Crippen molar-refractivity contribution in [1.82, 2.24) is 20.2 Å². The molecule has 3 fully saturated rings. The Balaban J connectivity index is 1.27. The van der Waals surface area contributed by atoms with Gasteiger partial charge in [-0.1, -0.05) is 0 Å². The van der Waals surface area contributed by atoms with Crippen LogP contribution in [0, 0.1) is 5.82 Å². The van der Waals surface area contributed by atoms with E-state index in [1.54, 1.807) is 11.0 Å². The number of thioether (sulfide) groups is 1. The summed E-state index contributed by atoms with van der Waals surface area (Å²) in [5, 5.41) is 2.50. The number of carbonyl (C=O) groups is 2. The third-order valence-corrected chi connectivity index (χ3v) is 7.50. The van der Waals surface area contributed by atoms with E-state index in [2.05, 4.69) is 15.3 Å². The zero-order valence-corrected chi connectivity index (χ0v) is 19.3. The molecule has 1 atom stereocenters. The molecule has 1 aromatic rings. The van der Waals surface area contributed by atoms with Gasteiger partial charge < -0.3 is 9.64 Å². The van der Waals surface area contributed by atoms with Gasteiger partial charge in [0.1, 0.15) is 11.6 Å². The van der Waals surface area contributed by atoms with Crippen molar-refractivity contribution < 1.29 is 18.7 Å². The van der Waals surface area contributed by atoms with E-state index in [0.29, 0.717) is 34.8 Å². The second-order valence-electron chi connectivity index (χ2n) is 8.76. The summed E-state index contributed by atoms with van der Waals surface area (Å²) in [6, 6.07) is 4.37. The minimum absolute atomic E-state index is 0.107. The lowest BCUT2D eigenvalue weighted by molar-refractivity contribution is -0.113. The smallest absolute Gasteiger partial charge is 0.409 e. The molecule has 1 N–H and O–H groups in total. The highest BCUT2D eigenvalue weighted by atomic mass is 32.2. The maximum absolute atomic E-state index is 14.0. The van der Waals surface area contributed by atoms with Gasteiger partial charge in [-0.25, -0.2) is 14.6 Å². The number of rotatable bonds is 3. The third kappa shape index (κ3) is 5.07. The number of aliphatic imine (C=N–C) groups is 1. The number of carbonyl (C=O) groups excluding carboxylic acids is 2. The fourth-order valence-corrected chi connectivity index (χ4v) is 5.60. The highest BCUT2D eigenvalue weighted by Crippen LogP contribution is 2.33. The number of hydrogen-bond acceptors (Lipinski definition) is 7. The van der Waals surface area contributed by atoms with Crippen LogP contribution in [-0.2, 0) is 4.79 Å². The lowest BCUT2D eigenvalue weighted by atomic mass is 10.2. The zero-order valence-electron chi connectivity index (χ0n) is 18.5. The SMILES string of the molecule is O=C1N=C(N2CCCCN2)SC1=Cc1ccc(F)cc1OC(=O)N1CC[C@@H](N2CCCC2)C1. The molecule has 8 nitrogen and oxygen atoms in total. The van der Waals surface area contributed by atoms with Gasteiger partial charge in [-0.15, -0.1) is 0 Å². The summed E-state index contributed by atoms with van der Waals surface area (Å²) in [6.07, 6.45) is 6.59. The average Bonchev–Trinajstić information content (AvgIpc) is 3.57. The maximum atomic E-state index is 14.0. The number of amides is 2. The van der Waals surface area contributed by atoms with Crippen LogP contribution in [0.4, 0.5) is 9.18 Å². The van der Waals surface area contributed by atoms with Gasteiger partial charge in [-0.05, 0) is 75.2 Å². The molecule has 0 radical (unpaired) electrons. The van der Waals surface area contributed by atoms with E-state index in [-0.39, 0.29) is 11.7 Å². The molecule has 4 heterocycles. The molecule has 0 spiro atoms. The molecule has 2 amide bonds. The highest BCUT2D eigenvalue weighted by Gasteiger charge is 2.33. The van der Waals surface area contributed by atoms with E-state index < -0.39 is 11.9 Å². The van der Waals surface area contributed by atoms with Crippen molar-refractivity contribution in [2.75, 3.05) is 39.3 Å². The largest absolute Gasteiger partial charge is 0.415 e. The van der Waals surface area contributed by atoms with E-state index in [1.807, 2.05) is 5.01 Å². The molecule has 4 aliphatic heterocycles. The normalized spacial score (nSPS) is 25.2. The van der Waals surface area contributed by atoms with Crippen LogP contribution in [0.3, 0.4) is 0 Å². The first-order valence-corrected chi connectivity index (χ1v) is 12.4. The van der Waals surface area contributed by atoms with Gasteiger partial charge in [-0.3, -0.25) is 14.7 Å². The van der Waals surface area contributed by atoms with Crippen molar-refractivity contribution in [3.05, 3.63) is 34.5 Å². The Labute approximate surface area is 196 Å². The lowest BCUT2D eigenvalue weighted by Gasteiger charge is -2.28. The van der Waals surface area contributed by atoms with Gasteiger partial charge in [0.05, 0.1) is 4.91 Å². The van der Waals surface area contributed by atoms with Crippen LogP contribution in [0.25, 0.3) is 6.08 Å². The number of amidine groups is 1. The molecular weight excluding hydrogens is 445 g/mol. The predicted molar refractivity (Wildman–Crippen MR) is 125 cm³/mol. The molecule has 0 unspecified atom stereocenters. The van der Waals surface area contributed by atoms with Crippen molar-refractivity contribution in [3.63, 3.8) is 0 Å². The molecule has 1 aromatic carbocycles. The van der Waals surface area contributed by atoms with Crippen molar-refractivity contribution in [2.24, 2.45) is 4.99 Å². The Morgan fingerprint density at radius 1 is 1.18 bits per heavy atom. The Bertz CT molecular complexity index is 988. The predicted octanol–water partition coefficient (Wildman–Crippen LogP) is 3.07. The summed E-state index contributed by atoms with van der Waals surface area (Å²) in [5.74, 6) is -0.747. The quantitative estimate of drug-likeness (QED) is 0.676. The summed E-state index contributed by atoms with van der Waals surface area (Å²) in [6.45, 7) is 5.05. The van der Waals surface area contributed by atoms with E-state index in [0.717, 1.165) is 45.4 Å². The molecular formula is C23H28FN5O3S. The molecule has 176 valence electrons. The number of hydrazine groups is 1. The molecule has 0 saturated carbocycles. The zero-order chi connectivity index (χ0) is 22.8. The van der Waals surface area contributed by atoms with E-state index >= 15 is 0 Å². The Kier molecular flexibility index (Phi) is 6.66. The topological polar surface area (TPSA) is 77.5 Å².